The summed E-state index contributed by atoms with van der Waals surface area (Å²) in [5.41, 5.74) is 2.82. The topological polar surface area (TPSA) is 74.8 Å². The molecule has 1 atom stereocenters. The molecule has 0 amide bonds. The van der Waals surface area contributed by atoms with E-state index in [1.165, 1.54) is 0 Å². The third-order valence-corrected chi connectivity index (χ3v) is 6.22. The van der Waals surface area contributed by atoms with E-state index in [0.29, 0.717) is 5.82 Å². The van der Waals surface area contributed by atoms with Gasteiger partial charge in [0.2, 0.25) is 0 Å². The molecule has 1 fully saturated rings. The van der Waals surface area contributed by atoms with Gasteiger partial charge < -0.3 is 9.88 Å². The van der Waals surface area contributed by atoms with Gasteiger partial charge in [-0.1, -0.05) is 24.3 Å². The maximum atomic E-state index is 12.4. The lowest BCUT2D eigenvalue weighted by Gasteiger charge is -2.41. The zero-order valence-corrected chi connectivity index (χ0v) is 15.7. The molecule has 6 nitrogen and oxygen atoms in total. The Bertz CT molecular complexity index is 1110. The first-order chi connectivity index (χ1) is 13.1. The minimum atomic E-state index is -0.0553. The van der Waals surface area contributed by atoms with Gasteiger partial charge in [-0.3, -0.25) is 4.79 Å². The second kappa shape index (κ2) is 5.87. The predicted molar refractivity (Wildman–Crippen MR) is 105 cm³/mol. The first-order valence-corrected chi connectivity index (χ1v) is 9.65. The normalized spacial score (nSPS) is 21.8. The van der Waals surface area contributed by atoms with Crippen LogP contribution in [0.1, 0.15) is 42.0 Å². The molecule has 0 saturated carbocycles. The van der Waals surface area contributed by atoms with Crippen molar-refractivity contribution in [1.82, 2.24) is 20.2 Å². The average molecular weight is 361 g/mol. The van der Waals surface area contributed by atoms with Crippen LogP contribution in [0, 0.1) is 13.8 Å². The molecule has 0 bridgehead atoms. The molecule has 1 unspecified atom stereocenters. The average Bonchev–Trinajstić information content (AvgIpc) is 3.00. The molecule has 6 heteroatoms. The maximum Gasteiger partial charge on any atom is 0.254 e. The number of anilines is 1. The van der Waals surface area contributed by atoms with E-state index in [-0.39, 0.29) is 11.0 Å². The van der Waals surface area contributed by atoms with E-state index in [2.05, 4.69) is 38.3 Å². The zero-order valence-electron chi connectivity index (χ0n) is 15.7. The lowest BCUT2D eigenvalue weighted by molar-refractivity contribution is 0.333. The summed E-state index contributed by atoms with van der Waals surface area (Å²) in [5.74, 6) is 1.66. The Kier molecular flexibility index (Phi) is 3.57. The number of nitrogens with zero attached hydrogens (tertiary/aromatic N) is 4. The molecule has 2 aromatic heterocycles. The standard InChI is InChI=1S/C21H23N5O/c1-13-15-6-3-4-7-16(15)19(25-24-13)26-11-5-9-21(12-26)10-8-17-18(21)22-14(2)23-20(17)27/h3-4,6-7H,5,8-12H2,1-2H3,(H,22,23,27). The Morgan fingerprint density at radius 3 is 2.78 bits per heavy atom. The van der Waals surface area contributed by atoms with Crippen molar-refractivity contribution in [3.8, 4) is 0 Å². The molecule has 138 valence electrons. The highest BCUT2D eigenvalue weighted by Gasteiger charge is 2.45. The molecule has 1 aliphatic heterocycles. The fourth-order valence-corrected chi connectivity index (χ4v) is 4.93. The van der Waals surface area contributed by atoms with Gasteiger partial charge in [0.05, 0.1) is 11.4 Å². The minimum Gasteiger partial charge on any atom is -0.354 e. The van der Waals surface area contributed by atoms with E-state index in [1.54, 1.807) is 0 Å². The van der Waals surface area contributed by atoms with Gasteiger partial charge in [-0.2, -0.15) is 5.10 Å². The van der Waals surface area contributed by atoms with Crippen LogP contribution in [0.4, 0.5) is 5.82 Å². The zero-order chi connectivity index (χ0) is 18.6. The maximum absolute atomic E-state index is 12.4. The van der Waals surface area contributed by atoms with Crippen LogP contribution in [-0.4, -0.2) is 33.3 Å². The Labute approximate surface area is 157 Å². The van der Waals surface area contributed by atoms with Crippen molar-refractivity contribution in [2.75, 3.05) is 18.0 Å². The van der Waals surface area contributed by atoms with Crippen molar-refractivity contribution in [2.45, 2.75) is 44.9 Å². The van der Waals surface area contributed by atoms with Crippen LogP contribution in [0.2, 0.25) is 0 Å². The van der Waals surface area contributed by atoms with E-state index in [1.807, 2.05) is 19.9 Å². The summed E-state index contributed by atoms with van der Waals surface area (Å²) >= 11 is 0. The number of piperidine rings is 1. The quantitative estimate of drug-likeness (QED) is 0.721. The van der Waals surface area contributed by atoms with Crippen molar-refractivity contribution >= 4 is 16.6 Å². The van der Waals surface area contributed by atoms with Crippen LogP contribution >= 0.6 is 0 Å². The van der Waals surface area contributed by atoms with Gasteiger partial charge in [0.1, 0.15) is 5.82 Å². The van der Waals surface area contributed by atoms with Gasteiger partial charge in [-0.15, -0.1) is 5.10 Å². The molecule has 1 aliphatic carbocycles. The highest BCUT2D eigenvalue weighted by atomic mass is 16.1. The monoisotopic (exact) mass is 361 g/mol. The fourth-order valence-electron chi connectivity index (χ4n) is 4.93. The molecule has 3 heterocycles. The van der Waals surface area contributed by atoms with E-state index in [9.17, 15) is 4.79 Å². The van der Waals surface area contributed by atoms with Gasteiger partial charge in [-0.05, 0) is 39.5 Å². The SMILES string of the molecule is Cc1nc2c(c(=O)[nH]1)CCC21CCCN(c2nnc(C)c3ccccc23)C1. The number of hydrogen-bond acceptors (Lipinski definition) is 5. The number of fused-ring (bicyclic) bond motifs is 3. The molecule has 1 saturated heterocycles. The number of nitrogens with one attached hydrogen (secondary N) is 1. The molecule has 0 radical (unpaired) electrons. The second-order valence-electron chi connectivity index (χ2n) is 7.94. The van der Waals surface area contributed by atoms with Gasteiger partial charge in [0.25, 0.3) is 5.56 Å². The fraction of sp³-hybridized carbons (Fsp3) is 0.429. The number of benzene rings is 1. The van der Waals surface area contributed by atoms with Crippen LogP contribution in [0.15, 0.2) is 29.1 Å². The highest BCUT2D eigenvalue weighted by molar-refractivity contribution is 5.93. The molecule has 5 rings (SSSR count). The molecule has 1 N–H and O–H groups in total. The van der Waals surface area contributed by atoms with E-state index in [0.717, 1.165) is 72.3 Å². The Balaban J connectivity index is 1.60. The number of hydrogen-bond donors (Lipinski definition) is 1. The summed E-state index contributed by atoms with van der Waals surface area (Å²) in [4.78, 5) is 22.4. The molecule has 2 aliphatic rings. The van der Waals surface area contributed by atoms with Crippen LogP contribution in [0.3, 0.4) is 0 Å². The largest absolute Gasteiger partial charge is 0.354 e. The first kappa shape index (κ1) is 16.4. The summed E-state index contributed by atoms with van der Waals surface area (Å²) in [6.07, 6.45) is 3.93. The molecule has 1 aromatic carbocycles. The van der Waals surface area contributed by atoms with E-state index < -0.39 is 0 Å². The van der Waals surface area contributed by atoms with Crippen molar-refractivity contribution < 1.29 is 0 Å². The van der Waals surface area contributed by atoms with E-state index >= 15 is 0 Å². The summed E-state index contributed by atoms with van der Waals surface area (Å²) in [6, 6.07) is 8.34. The number of aryl methyl sites for hydroxylation is 2. The Hall–Kier alpha value is -2.76. The molecule has 3 aromatic rings. The molecular formula is C21H23N5O. The van der Waals surface area contributed by atoms with Gasteiger partial charge in [-0.25, -0.2) is 4.98 Å². The van der Waals surface area contributed by atoms with Crippen molar-refractivity contribution in [3.05, 3.63) is 57.4 Å². The number of aromatic nitrogens is 4. The number of aromatic amines is 1. The van der Waals surface area contributed by atoms with E-state index in [4.69, 9.17) is 4.98 Å². The Morgan fingerprint density at radius 2 is 1.93 bits per heavy atom. The summed E-state index contributed by atoms with van der Waals surface area (Å²) in [5, 5.41) is 11.3. The summed E-state index contributed by atoms with van der Waals surface area (Å²) in [7, 11) is 0. The molecular weight excluding hydrogens is 338 g/mol. The van der Waals surface area contributed by atoms with Crippen molar-refractivity contribution in [1.29, 1.82) is 0 Å². The van der Waals surface area contributed by atoms with Crippen LogP contribution in [0.25, 0.3) is 10.8 Å². The van der Waals surface area contributed by atoms with Crippen LogP contribution in [0.5, 0.6) is 0 Å². The lowest BCUT2D eigenvalue weighted by Crippen LogP contribution is -2.46. The third kappa shape index (κ3) is 2.46. The molecule has 1 spiro atoms. The molecule has 27 heavy (non-hydrogen) atoms. The number of rotatable bonds is 1. The summed E-state index contributed by atoms with van der Waals surface area (Å²) in [6.45, 7) is 5.68. The van der Waals surface area contributed by atoms with Gasteiger partial charge in [0, 0.05) is 34.8 Å². The smallest absolute Gasteiger partial charge is 0.254 e. The van der Waals surface area contributed by atoms with Gasteiger partial charge in [0.15, 0.2) is 5.82 Å². The van der Waals surface area contributed by atoms with Crippen LogP contribution in [-0.2, 0) is 11.8 Å². The van der Waals surface area contributed by atoms with Crippen molar-refractivity contribution in [2.24, 2.45) is 0 Å². The second-order valence-corrected chi connectivity index (χ2v) is 7.94. The number of H-pyrrole nitrogens is 1. The first-order valence-electron chi connectivity index (χ1n) is 9.65. The lowest BCUT2D eigenvalue weighted by atomic mass is 9.77. The van der Waals surface area contributed by atoms with Crippen LogP contribution < -0.4 is 10.5 Å². The highest BCUT2D eigenvalue weighted by Crippen LogP contribution is 2.44. The minimum absolute atomic E-state index is 0.0343. The summed E-state index contributed by atoms with van der Waals surface area (Å²) < 4.78 is 0. The van der Waals surface area contributed by atoms with Crippen molar-refractivity contribution in [3.63, 3.8) is 0 Å². The third-order valence-electron chi connectivity index (χ3n) is 6.22. The predicted octanol–water partition coefficient (Wildman–Crippen LogP) is 2.81. The van der Waals surface area contributed by atoms with Gasteiger partial charge >= 0.3 is 0 Å². The Morgan fingerprint density at radius 1 is 1.11 bits per heavy atom.